The van der Waals surface area contributed by atoms with Crippen molar-refractivity contribution in [3.63, 3.8) is 0 Å². The van der Waals surface area contributed by atoms with Crippen LogP contribution in [0.2, 0.25) is 0 Å². The van der Waals surface area contributed by atoms with Gasteiger partial charge in [-0.2, -0.15) is 5.26 Å². The van der Waals surface area contributed by atoms with E-state index in [1.807, 2.05) is 0 Å². The van der Waals surface area contributed by atoms with Gasteiger partial charge in [-0.1, -0.05) is 6.92 Å². The SMILES string of the molecule is C[C@@H]1CCc2c(sc(NC(=O)Cn3cnc4sccc4c3=O)c2C#N)C1. The molecule has 6 nitrogen and oxygen atoms in total. The molecule has 3 heterocycles. The van der Waals surface area contributed by atoms with Crippen molar-refractivity contribution in [3.8, 4) is 6.07 Å². The first kappa shape index (κ1) is 16.9. The molecule has 0 unspecified atom stereocenters. The minimum Gasteiger partial charge on any atom is -0.315 e. The quantitative estimate of drug-likeness (QED) is 0.751. The molecule has 0 aliphatic heterocycles. The Balaban J connectivity index is 1.58. The number of anilines is 1. The van der Waals surface area contributed by atoms with E-state index in [1.54, 1.807) is 11.4 Å². The van der Waals surface area contributed by atoms with Gasteiger partial charge in [-0.05, 0) is 42.2 Å². The number of rotatable bonds is 3. The van der Waals surface area contributed by atoms with E-state index in [0.29, 0.717) is 26.7 Å². The molecule has 1 N–H and O–H groups in total. The molecule has 0 fully saturated rings. The number of carbonyl (C=O) groups is 1. The lowest BCUT2D eigenvalue weighted by Crippen LogP contribution is -2.27. The molecule has 0 spiro atoms. The predicted molar refractivity (Wildman–Crippen MR) is 103 cm³/mol. The lowest BCUT2D eigenvalue weighted by Gasteiger charge is -2.17. The van der Waals surface area contributed by atoms with E-state index >= 15 is 0 Å². The van der Waals surface area contributed by atoms with Crippen LogP contribution in [0, 0.1) is 17.2 Å². The molecule has 1 aliphatic carbocycles. The van der Waals surface area contributed by atoms with Gasteiger partial charge in [-0.15, -0.1) is 22.7 Å². The van der Waals surface area contributed by atoms with E-state index in [-0.39, 0.29) is 18.0 Å². The number of thiophene rings is 2. The van der Waals surface area contributed by atoms with Crippen LogP contribution >= 0.6 is 22.7 Å². The number of carbonyl (C=O) groups excluding carboxylic acids is 1. The molecular formula is C18H16N4O2S2. The first-order chi connectivity index (χ1) is 12.6. The number of nitrogens with one attached hydrogen (secondary N) is 1. The first-order valence-corrected chi connectivity index (χ1v) is 10.0. The second-order valence-electron chi connectivity index (χ2n) is 6.53. The van der Waals surface area contributed by atoms with Gasteiger partial charge in [0.05, 0.1) is 17.3 Å². The standard InChI is InChI=1S/C18H16N4O2S2/c1-10-2-3-11-13(7-19)17(26-14(11)6-10)21-15(23)8-22-9-20-16-12(18(22)24)4-5-25-16/h4-5,9-10H,2-3,6,8H2,1H3,(H,21,23)/t10-/m1/s1. The molecule has 0 saturated heterocycles. The zero-order chi connectivity index (χ0) is 18.3. The summed E-state index contributed by atoms with van der Waals surface area (Å²) in [7, 11) is 0. The van der Waals surface area contributed by atoms with Crippen molar-refractivity contribution in [1.29, 1.82) is 5.26 Å². The summed E-state index contributed by atoms with van der Waals surface area (Å²) in [6.45, 7) is 2.08. The normalized spacial score (nSPS) is 16.2. The van der Waals surface area contributed by atoms with E-state index in [2.05, 4.69) is 23.3 Å². The van der Waals surface area contributed by atoms with Crippen LogP contribution in [0.3, 0.4) is 0 Å². The van der Waals surface area contributed by atoms with Crippen LogP contribution in [0.15, 0.2) is 22.6 Å². The maximum atomic E-state index is 12.5. The highest BCUT2D eigenvalue weighted by molar-refractivity contribution is 7.17. The van der Waals surface area contributed by atoms with Gasteiger partial charge in [0.2, 0.25) is 5.91 Å². The minimum absolute atomic E-state index is 0.124. The molecule has 3 aromatic rings. The Kier molecular flexibility index (Phi) is 4.34. The fourth-order valence-corrected chi connectivity index (χ4v) is 5.38. The molecule has 0 aromatic carbocycles. The smallest absolute Gasteiger partial charge is 0.262 e. The highest BCUT2D eigenvalue weighted by Gasteiger charge is 2.24. The maximum absolute atomic E-state index is 12.5. The van der Waals surface area contributed by atoms with Crippen molar-refractivity contribution >= 4 is 43.8 Å². The number of aromatic nitrogens is 2. The predicted octanol–water partition coefficient (Wildman–Crippen LogP) is 3.15. The van der Waals surface area contributed by atoms with Crippen LogP contribution in [-0.2, 0) is 24.2 Å². The molecule has 26 heavy (non-hydrogen) atoms. The Morgan fingerprint density at radius 1 is 1.54 bits per heavy atom. The molecule has 1 atom stereocenters. The first-order valence-electron chi connectivity index (χ1n) is 8.34. The van der Waals surface area contributed by atoms with Crippen molar-refractivity contribution in [2.45, 2.75) is 32.7 Å². The fourth-order valence-electron chi connectivity index (χ4n) is 3.28. The Labute approximate surface area is 157 Å². The molecule has 4 rings (SSSR count). The van der Waals surface area contributed by atoms with Crippen molar-refractivity contribution in [3.05, 3.63) is 44.1 Å². The average molecular weight is 384 g/mol. The molecule has 8 heteroatoms. The van der Waals surface area contributed by atoms with Gasteiger partial charge in [-0.25, -0.2) is 4.98 Å². The Morgan fingerprint density at radius 2 is 2.38 bits per heavy atom. The number of fused-ring (bicyclic) bond motifs is 2. The Bertz CT molecular complexity index is 1100. The summed E-state index contributed by atoms with van der Waals surface area (Å²) < 4.78 is 1.30. The minimum atomic E-state index is -0.327. The molecular weight excluding hydrogens is 368 g/mol. The molecule has 1 amide bonds. The largest absolute Gasteiger partial charge is 0.315 e. The monoisotopic (exact) mass is 384 g/mol. The highest BCUT2D eigenvalue weighted by atomic mass is 32.1. The third-order valence-corrected chi connectivity index (χ3v) is 6.63. The van der Waals surface area contributed by atoms with Crippen LogP contribution in [-0.4, -0.2) is 15.5 Å². The number of hydrogen-bond acceptors (Lipinski definition) is 6. The average Bonchev–Trinajstić information content (AvgIpc) is 3.21. The lowest BCUT2D eigenvalue weighted by atomic mass is 9.89. The molecule has 1 aliphatic rings. The van der Waals surface area contributed by atoms with Crippen LogP contribution in [0.5, 0.6) is 0 Å². The highest BCUT2D eigenvalue weighted by Crippen LogP contribution is 2.39. The van der Waals surface area contributed by atoms with Crippen LogP contribution in [0.25, 0.3) is 10.2 Å². The molecule has 0 bridgehead atoms. The van der Waals surface area contributed by atoms with Crippen molar-refractivity contribution in [2.24, 2.45) is 5.92 Å². The molecule has 132 valence electrons. The van der Waals surface area contributed by atoms with Crippen LogP contribution in [0.4, 0.5) is 5.00 Å². The summed E-state index contributed by atoms with van der Waals surface area (Å²) in [5, 5.41) is 15.2. The number of hydrogen-bond donors (Lipinski definition) is 1. The lowest BCUT2D eigenvalue weighted by molar-refractivity contribution is -0.116. The molecule has 0 saturated carbocycles. The Hall–Kier alpha value is -2.50. The van der Waals surface area contributed by atoms with E-state index < -0.39 is 0 Å². The third-order valence-electron chi connectivity index (χ3n) is 4.64. The summed E-state index contributed by atoms with van der Waals surface area (Å²) in [5.74, 6) is 0.268. The summed E-state index contributed by atoms with van der Waals surface area (Å²) in [5.41, 5.74) is 1.42. The van der Waals surface area contributed by atoms with Crippen molar-refractivity contribution < 1.29 is 4.79 Å². The summed E-state index contributed by atoms with van der Waals surface area (Å²) in [4.78, 5) is 30.9. The topological polar surface area (TPSA) is 87.8 Å². The second-order valence-corrected chi connectivity index (χ2v) is 8.53. The third kappa shape index (κ3) is 2.93. The zero-order valence-electron chi connectivity index (χ0n) is 14.1. The maximum Gasteiger partial charge on any atom is 0.262 e. The molecule has 0 radical (unpaired) electrons. The number of nitrogens with zero attached hydrogens (tertiary/aromatic N) is 3. The van der Waals surface area contributed by atoms with E-state index in [4.69, 9.17) is 0 Å². The summed E-state index contributed by atoms with van der Waals surface area (Å²) in [6.07, 6.45) is 4.29. The van der Waals surface area contributed by atoms with Gasteiger partial charge < -0.3 is 5.32 Å². The van der Waals surface area contributed by atoms with Gasteiger partial charge >= 0.3 is 0 Å². The Morgan fingerprint density at radius 3 is 3.19 bits per heavy atom. The van der Waals surface area contributed by atoms with Gasteiger partial charge in [0.25, 0.3) is 5.56 Å². The van der Waals surface area contributed by atoms with Crippen LogP contribution in [0.1, 0.15) is 29.3 Å². The number of amides is 1. The van der Waals surface area contributed by atoms with E-state index in [0.717, 1.165) is 24.8 Å². The van der Waals surface area contributed by atoms with Gasteiger partial charge in [-0.3, -0.25) is 14.2 Å². The van der Waals surface area contributed by atoms with E-state index in [1.165, 1.54) is 38.4 Å². The van der Waals surface area contributed by atoms with Gasteiger partial charge in [0.15, 0.2) is 0 Å². The summed E-state index contributed by atoms with van der Waals surface area (Å²) in [6, 6.07) is 3.95. The van der Waals surface area contributed by atoms with Crippen LogP contribution < -0.4 is 10.9 Å². The van der Waals surface area contributed by atoms with Crippen molar-refractivity contribution in [2.75, 3.05) is 5.32 Å². The van der Waals surface area contributed by atoms with Gasteiger partial charge in [0, 0.05) is 4.88 Å². The van der Waals surface area contributed by atoms with Gasteiger partial charge in [0.1, 0.15) is 22.4 Å². The number of nitriles is 1. The van der Waals surface area contributed by atoms with Crippen molar-refractivity contribution in [1.82, 2.24) is 9.55 Å². The fraction of sp³-hybridized carbons (Fsp3) is 0.333. The van der Waals surface area contributed by atoms with E-state index in [9.17, 15) is 14.9 Å². The molecule has 3 aromatic heterocycles. The zero-order valence-corrected chi connectivity index (χ0v) is 15.7. The summed E-state index contributed by atoms with van der Waals surface area (Å²) >= 11 is 2.87. The second kappa shape index (κ2) is 6.67.